The maximum absolute atomic E-state index is 11.7. The quantitative estimate of drug-likeness (QED) is 0.333. The molecule has 1 fully saturated rings. The minimum absolute atomic E-state index is 0.274. The van der Waals surface area contributed by atoms with Crippen LogP contribution in [0.5, 0.6) is 0 Å². The van der Waals surface area contributed by atoms with Gasteiger partial charge in [0.2, 0.25) is 0 Å². The van der Waals surface area contributed by atoms with E-state index in [1.54, 1.807) is 0 Å². The van der Waals surface area contributed by atoms with E-state index in [2.05, 4.69) is 0 Å². The summed E-state index contributed by atoms with van der Waals surface area (Å²) in [6.45, 7) is 10.1. The van der Waals surface area contributed by atoms with Crippen molar-refractivity contribution in [2.24, 2.45) is 0 Å². The lowest BCUT2D eigenvalue weighted by molar-refractivity contribution is -0.290. The normalized spacial score (nSPS) is 27.5. The van der Waals surface area contributed by atoms with Crippen LogP contribution >= 0.6 is 0 Å². The Morgan fingerprint density at radius 1 is 0.750 bits per heavy atom. The van der Waals surface area contributed by atoms with Crippen molar-refractivity contribution in [1.29, 1.82) is 0 Å². The van der Waals surface area contributed by atoms with Gasteiger partial charge in [0.25, 0.3) is 0 Å². The van der Waals surface area contributed by atoms with Gasteiger partial charge in [0.15, 0.2) is 32.9 Å². The van der Waals surface area contributed by atoms with Crippen LogP contribution in [0.2, 0.25) is 19.6 Å². The number of carbonyl (C=O) groups excluding carboxylic acids is 4. The molecule has 0 bridgehead atoms. The van der Waals surface area contributed by atoms with Crippen LogP contribution in [-0.2, 0) is 47.3 Å². The summed E-state index contributed by atoms with van der Waals surface area (Å²) in [6, 6.07) is 0. The number of ether oxygens (including phenoxy) is 5. The zero-order chi connectivity index (χ0) is 21.6. The highest BCUT2D eigenvalue weighted by molar-refractivity contribution is 6.69. The van der Waals surface area contributed by atoms with Crippen molar-refractivity contribution in [2.45, 2.75) is 78.0 Å². The van der Waals surface area contributed by atoms with Crippen molar-refractivity contribution in [3.8, 4) is 0 Å². The molecule has 0 spiro atoms. The second-order valence-electron chi connectivity index (χ2n) is 7.30. The van der Waals surface area contributed by atoms with Crippen molar-refractivity contribution in [3.05, 3.63) is 0 Å². The first-order valence-electron chi connectivity index (χ1n) is 8.78. The maximum Gasteiger partial charge on any atom is 0.303 e. The van der Waals surface area contributed by atoms with Crippen molar-refractivity contribution in [3.63, 3.8) is 0 Å². The lowest BCUT2D eigenvalue weighted by Gasteiger charge is -2.45. The average molecular weight is 420 g/mol. The van der Waals surface area contributed by atoms with Crippen molar-refractivity contribution >= 4 is 32.2 Å². The molecular formula is C17H28O10Si. The molecule has 0 aliphatic carbocycles. The van der Waals surface area contributed by atoms with E-state index in [1.807, 2.05) is 19.6 Å². The molecule has 1 aliphatic rings. The first-order valence-corrected chi connectivity index (χ1v) is 12.2. The zero-order valence-corrected chi connectivity index (χ0v) is 18.2. The fourth-order valence-electron chi connectivity index (χ4n) is 2.63. The third-order valence-electron chi connectivity index (χ3n) is 3.42. The van der Waals surface area contributed by atoms with E-state index in [0.717, 1.165) is 0 Å². The maximum atomic E-state index is 11.7. The van der Waals surface area contributed by atoms with Crippen LogP contribution in [-0.4, -0.2) is 69.5 Å². The molecular weight excluding hydrogens is 392 g/mol. The summed E-state index contributed by atoms with van der Waals surface area (Å²) in [7, 11) is -2.21. The topological polar surface area (TPSA) is 124 Å². The Hall–Kier alpha value is -1.98. The highest BCUT2D eigenvalue weighted by atomic mass is 28.4. The van der Waals surface area contributed by atoms with Gasteiger partial charge in [0, 0.05) is 27.7 Å². The minimum Gasteiger partial charge on any atom is -0.463 e. The van der Waals surface area contributed by atoms with E-state index < -0.39 is 62.9 Å². The second kappa shape index (κ2) is 9.98. The van der Waals surface area contributed by atoms with Gasteiger partial charge in [-0.1, -0.05) is 0 Å². The molecule has 0 unspecified atom stereocenters. The van der Waals surface area contributed by atoms with Gasteiger partial charge in [0.05, 0.1) is 0 Å². The summed E-state index contributed by atoms with van der Waals surface area (Å²) in [5, 5.41) is 0. The molecule has 0 N–H and O–H groups in total. The first-order chi connectivity index (χ1) is 12.8. The van der Waals surface area contributed by atoms with E-state index in [4.69, 9.17) is 28.1 Å². The van der Waals surface area contributed by atoms with Gasteiger partial charge in [0.1, 0.15) is 12.7 Å². The van der Waals surface area contributed by atoms with Crippen LogP contribution in [0.4, 0.5) is 0 Å². The second-order valence-corrected chi connectivity index (χ2v) is 11.8. The summed E-state index contributed by atoms with van der Waals surface area (Å²) in [5.74, 6) is -2.59. The highest BCUT2D eigenvalue weighted by Gasteiger charge is 2.53. The Morgan fingerprint density at radius 3 is 1.64 bits per heavy atom. The SMILES string of the molecule is CC(=O)OC[C@H]1O[C@@H](O[Si](C)(C)C)[C@H](OC(C)=O)[C@@H](OC(C)=O)[C@H]1OC(C)=O. The molecule has 0 amide bonds. The van der Waals surface area contributed by atoms with Gasteiger partial charge in [-0.15, -0.1) is 0 Å². The largest absolute Gasteiger partial charge is 0.463 e. The van der Waals surface area contributed by atoms with Crippen LogP contribution in [0.1, 0.15) is 27.7 Å². The Balaban J connectivity index is 3.33. The number of esters is 4. The molecule has 5 atom stereocenters. The average Bonchev–Trinajstić information content (AvgIpc) is 2.48. The molecule has 28 heavy (non-hydrogen) atoms. The van der Waals surface area contributed by atoms with Gasteiger partial charge in [-0.3, -0.25) is 19.2 Å². The predicted octanol–water partition coefficient (Wildman–Crippen LogP) is 0.921. The predicted molar refractivity (Wildman–Crippen MR) is 96.4 cm³/mol. The molecule has 0 saturated carbocycles. The fraction of sp³-hybridized carbons (Fsp3) is 0.765. The number of hydrogen-bond acceptors (Lipinski definition) is 10. The standard InChI is InChI=1S/C17H28O10Si/c1-9(18)22-8-13-14(23-10(2)19)15(24-11(3)20)16(25-12(4)21)17(26-13)27-28(5,6)7/h13-17H,8H2,1-7H3/t13-,14+,15+,16-,17+/m1/s1. The van der Waals surface area contributed by atoms with E-state index in [1.165, 1.54) is 27.7 Å². The first kappa shape index (κ1) is 24.1. The number of rotatable bonds is 7. The molecule has 1 aliphatic heterocycles. The summed E-state index contributed by atoms with van der Waals surface area (Å²) in [4.78, 5) is 46.2. The smallest absolute Gasteiger partial charge is 0.303 e. The molecule has 0 radical (unpaired) electrons. The fourth-order valence-corrected chi connectivity index (χ4v) is 3.52. The summed E-state index contributed by atoms with van der Waals surface area (Å²) in [5.41, 5.74) is 0. The Morgan fingerprint density at radius 2 is 1.21 bits per heavy atom. The zero-order valence-electron chi connectivity index (χ0n) is 17.2. The Kier molecular flexibility index (Phi) is 8.58. The third-order valence-corrected chi connectivity index (χ3v) is 4.36. The minimum atomic E-state index is -2.21. The molecule has 0 aromatic heterocycles. The van der Waals surface area contributed by atoms with E-state index >= 15 is 0 Å². The third kappa shape index (κ3) is 7.95. The van der Waals surface area contributed by atoms with Crippen molar-refractivity contribution in [2.75, 3.05) is 6.61 Å². The van der Waals surface area contributed by atoms with Gasteiger partial charge < -0.3 is 28.1 Å². The summed E-state index contributed by atoms with van der Waals surface area (Å²) < 4.78 is 32.7. The van der Waals surface area contributed by atoms with Crippen molar-refractivity contribution in [1.82, 2.24) is 0 Å². The summed E-state index contributed by atoms with van der Waals surface area (Å²) in [6.07, 6.45) is -5.66. The monoisotopic (exact) mass is 420 g/mol. The summed E-state index contributed by atoms with van der Waals surface area (Å²) >= 11 is 0. The lowest BCUT2D eigenvalue weighted by Crippen LogP contribution is -2.64. The van der Waals surface area contributed by atoms with Crippen LogP contribution in [0.3, 0.4) is 0 Å². The Labute approximate surface area is 164 Å². The lowest BCUT2D eigenvalue weighted by atomic mass is 9.98. The Bertz CT molecular complexity index is 599. The van der Waals surface area contributed by atoms with E-state index in [0.29, 0.717) is 0 Å². The molecule has 160 valence electrons. The molecule has 1 rings (SSSR count). The van der Waals surface area contributed by atoms with Crippen LogP contribution < -0.4 is 0 Å². The molecule has 1 heterocycles. The van der Waals surface area contributed by atoms with Gasteiger partial charge in [-0.25, -0.2) is 0 Å². The highest BCUT2D eigenvalue weighted by Crippen LogP contribution is 2.31. The molecule has 11 heteroatoms. The van der Waals surface area contributed by atoms with Crippen LogP contribution in [0.25, 0.3) is 0 Å². The van der Waals surface area contributed by atoms with Gasteiger partial charge in [-0.05, 0) is 19.6 Å². The molecule has 0 aromatic rings. The number of carbonyl (C=O) groups is 4. The van der Waals surface area contributed by atoms with Crippen molar-refractivity contribution < 1.29 is 47.3 Å². The van der Waals surface area contributed by atoms with Crippen LogP contribution in [0.15, 0.2) is 0 Å². The molecule has 0 aromatic carbocycles. The van der Waals surface area contributed by atoms with E-state index in [-0.39, 0.29) is 6.61 Å². The number of hydrogen-bond donors (Lipinski definition) is 0. The van der Waals surface area contributed by atoms with Crippen LogP contribution in [0, 0.1) is 0 Å². The van der Waals surface area contributed by atoms with Gasteiger partial charge >= 0.3 is 23.9 Å². The van der Waals surface area contributed by atoms with Gasteiger partial charge in [-0.2, -0.15) is 0 Å². The molecule has 10 nitrogen and oxygen atoms in total. The van der Waals surface area contributed by atoms with E-state index in [9.17, 15) is 19.2 Å². The molecule has 1 saturated heterocycles.